The summed E-state index contributed by atoms with van der Waals surface area (Å²) in [6.07, 6.45) is 2.30. The first-order valence-corrected chi connectivity index (χ1v) is 11.1. The van der Waals surface area contributed by atoms with Crippen molar-refractivity contribution in [1.29, 1.82) is 0 Å². The molecule has 0 unspecified atom stereocenters. The number of carbonyl (C=O) groups excluding carboxylic acids is 1. The van der Waals surface area contributed by atoms with E-state index in [2.05, 4.69) is 53.6 Å². The maximum atomic E-state index is 12.4. The molecular weight excluding hydrogens is 477 g/mol. The van der Waals surface area contributed by atoms with Gasteiger partial charge in [0, 0.05) is 28.4 Å². The number of hydrogen-bond donors (Lipinski definition) is 1. The SMILES string of the molecule is Cc1cc(I)ccc1NC(=O)CSc1nnc(N2CCOCC2)n1C1CC1. The van der Waals surface area contributed by atoms with Gasteiger partial charge in [-0.05, 0) is 66.1 Å². The van der Waals surface area contributed by atoms with Crippen LogP contribution in [-0.4, -0.2) is 52.7 Å². The molecule has 1 N–H and O–H groups in total. The number of aryl methyl sites for hydroxylation is 1. The Labute approximate surface area is 176 Å². The minimum Gasteiger partial charge on any atom is -0.378 e. The molecule has 0 atom stereocenters. The predicted molar refractivity (Wildman–Crippen MR) is 115 cm³/mol. The average Bonchev–Trinajstić information content (AvgIpc) is 3.42. The number of halogens is 1. The first-order chi connectivity index (χ1) is 13.1. The molecule has 1 saturated heterocycles. The molecule has 1 saturated carbocycles. The van der Waals surface area contributed by atoms with Crippen LogP contribution in [0.5, 0.6) is 0 Å². The summed E-state index contributed by atoms with van der Waals surface area (Å²) in [5.74, 6) is 1.21. The van der Waals surface area contributed by atoms with Crippen molar-refractivity contribution in [3.8, 4) is 0 Å². The number of thioether (sulfide) groups is 1. The molecule has 144 valence electrons. The van der Waals surface area contributed by atoms with Gasteiger partial charge in [0.15, 0.2) is 5.16 Å². The van der Waals surface area contributed by atoms with Crippen LogP contribution in [0.3, 0.4) is 0 Å². The van der Waals surface area contributed by atoms with Crippen molar-refractivity contribution < 1.29 is 9.53 Å². The highest BCUT2D eigenvalue weighted by molar-refractivity contribution is 14.1. The summed E-state index contributed by atoms with van der Waals surface area (Å²) in [4.78, 5) is 14.6. The molecule has 1 aliphatic heterocycles. The Balaban J connectivity index is 1.42. The highest BCUT2D eigenvalue weighted by atomic mass is 127. The summed E-state index contributed by atoms with van der Waals surface area (Å²) in [5, 5.41) is 12.6. The van der Waals surface area contributed by atoms with Crippen LogP contribution in [0, 0.1) is 10.5 Å². The number of hydrogen-bond acceptors (Lipinski definition) is 6. The molecule has 1 aromatic heterocycles. The van der Waals surface area contributed by atoms with Crippen molar-refractivity contribution in [3.63, 3.8) is 0 Å². The fraction of sp³-hybridized carbons (Fsp3) is 0.500. The van der Waals surface area contributed by atoms with Crippen LogP contribution < -0.4 is 10.2 Å². The Kier molecular flexibility index (Phi) is 5.88. The van der Waals surface area contributed by atoms with E-state index in [0.29, 0.717) is 11.8 Å². The Morgan fingerprint density at radius 1 is 1.33 bits per heavy atom. The quantitative estimate of drug-likeness (QED) is 0.487. The van der Waals surface area contributed by atoms with E-state index in [0.717, 1.165) is 65.1 Å². The van der Waals surface area contributed by atoms with Crippen LogP contribution in [0.15, 0.2) is 23.4 Å². The summed E-state index contributed by atoms with van der Waals surface area (Å²) < 4.78 is 8.80. The van der Waals surface area contributed by atoms with Gasteiger partial charge in [0.05, 0.1) is 19.0 Å². The van der Waals surface area contributed by atoms with E-state index in [1.165, 1.54) is 11.8 Å². The maximum Gasteiger partial charge on any atom is 0.234 e. The van der Waals surface area contributed by atoms with Crippen molar-refractivity contribution in [3.05, 3.63) is 27.3 Å². The molecule has 0 spiro atoms. The molecule has 9 heteroatoms. The largest absolute Gasteiger partial charge is 0.378 e. The molecule has 2 aromatic rings. The van der Waals surface area contributed by atoms with E-state index in [1.54, 1.807) is 0 Å². The van der Waals surface area contributed by atoms with E-state index in [4.69, 9.17) is 4.74 Å². The summed E-state index contributed by atoms with van der Waals surface area (Å²) in [6.45, 7) is 5.11. The van der Waals surface area contributed by atoms with Gasteiger partial charge in [-0.3, -0.25) is 9.36 Å². The third-order valence-electron chi connectivity index (χ3n) is 4.65. The molecule has 2 aliphatic rings. The number of aromatic nitrogens is 3. The number of benzene rings is 1. The summed E-state index contributed by atoms with van der Waals surface area (Å²) in [7, 11) is 0. The van der Waals surface area contributed by atoms with Gasteiger partial charge >= 0.3 is 0 Å². The summed E-state index contributed by atoms with van der Waals surface area (Å²) >= 11 is 3.72. The van der Waals surface area contributed by atoms with E-state index < -0.39 is 0 Å². The molecule has 2 heterocycles. The molecule has 27 heavy (non-hydrogen) atoms. The lowest BCUT2D eigenvalue weighted by Gasteiger charge is -2.27. The standard InChI is InChI=1S/C18H22IN5O2S/c1-12-10-13(19)2-5-15(12)20-16(25)11-27-18-22-21-17(24(18)14-3-4-14)23-6-8-26-9-7-23/h2,5,10,14H,3-4,6-9,11H2,1H3,(H,20,25). The lowest BCUT2D eigenvalue weighted by atomic mass is 10.2. The van der Waals surface area contributed by atoms with Crippen LogP contribution in [0.1, 0.15) is 24.4 Å². The summed E-state index contributed by atoms with van der Waals surface area (Å²) in [5.41, 5.74) is 1.93. The normalized spacial score (nSPS) is 17.2. The monoisotopic (exact) mass is 499 g/mol. The number of amides is 1. The molecule has 4 rings (SSSR count). The van der Waals surface area contributed by atoms with Gasteiger partial charge in [-0.15, -0.1) is 10.2 Å². The van der Waals surface area contributed by atoms with E-state index in [9.17, 15) is 4.79 Å². The van der Waals surface area contributed by atoms with Crippen molar-refractivity contribution >= 4 is 51.9 Å². The molecule has 0 bridgehead atoms. The molecule has 1 amide bonds. The fourth-order valence-corrected chi connectivity index (χ4v) is 4.53. The first-order valence-electron chi connectivity index (χ1n) is 9.08. The second-order valence-corrected chi connectivity index (χ2v) is 8.97. The number of morpholine rings is 1. The third-order valence-corrected chi connectivity index (χ3v) is 6.26. The summed E-state index contributed by atoms with van der Waals surface area (Å²) in [6, 6.07) is 6.46. The van der Waals surface area contributed by atoms with E-state index in [-0.39, 0.29) is 5.91 Å². The van der Waals surface area contributed by atoms with Crippen LogP contribution >= 0.6 is 34.4 Å². The number of anilines is 2. The van der Waals surface area contributed by atoms with Gasteiger partial charge < -0.3 is 15.0 Å². The first kappa shape index (κ1) is 19.0. The fourth-order valence-electron chi connectivity index (χ4n) is 3.08. The average molecular weight is 499 g/mol. The number of ether oxygens (including phenoxy) is 1. The van der Waals surface area contributed by atoms with Gasteiger partial charge in [-0.1, -0.05) is 11.8 Å². The molecule has 1 aromatic carbocycles. The van der Waals surface area contributed by atoms with Crippen LogP contribution in [0.2, 0.25) is 0 Å². The minimum absolute atomic E-state index is 0.0254. The van der Waals surface area contributed by atoms with Crippen LogP contribution in [0.4, 0.5) is 11.6 Å². The second kappa shape index (κ2) is 8.36. The Hall–Kier alpha value is -1.33. The molecule has 7 nitrogen and oxygen atoms in total. The molecule has 2 fully saturated rings. The van der Waals surface area contributed by atoms with Gasteiger partial charge in [0.1, 0.15) is 0 Å². The lowest BCUT2D eigenvalue weighted by Crippen LogP contribution is -2.38. The van der Waals surface area contributed by atoms with Crippen molar-refractivity contribution in [2.24, 2.45) is 0 Å². The highest BCUT2D eigenvalue weighted by Crippen LogP contribution is 2.41. The number of nitrogens with zero attached hydrogens (tertiary/aromatic N) is 4. The Morgan fingerprint density at radius 3 is 2.81 bits per heavy atom. The predicted octanol–water partition coefficient (Wildman–Crippen LogP) is 3.09. The number of rotatable bonds is 6. The van der Waals surface area contributed by atoms with E-state index in [1.807, 2.05) is 19.1 Å². The van der Waals surface area contributed by atoms with Crippen LogP contribution in [0.25, 0.3) is 0 Å². The molecular formula is C18H22IN5O2S. The van der Waals surface area contributed by atoms with Gasteiger partial charge in [0.2, 0.25) is 11.9 Å². The lowest BCUT2D eigenvalue weighted by molar-refractivity contribution is -0.113. The van der Waals surface area contributed by atoms with Gasteiger partial charge in [0.25, 0.3) is 0 Å². The smallest absolute Gasteiger partial charge is 0.234 e. The second-order valence-electron chi connectivity index (χ2n) is 6.78. The van der Waals surface area contributed by atoms with Gasteiger partial charge in [-0.25, -0.2) is 0 Å². The Morgan fingerprint density at radius 2 is 2.11 bits per heavy atom. The molecule has 1 aliphatic carbocycles. The van der Waals surface area contributed by atoms with Crippen molar-refractivity contribution in [2.45, 2.75) is 31.0 Å². The number of nitrogens with one attached hydrogen (secondary N) is 1. The molecule has 0 radical (unpaired) electrons. The topological polar surface area (TPSA) is 72.3 Å². The maximum absolute atomic E-state index is 12.4. The minimum atomic E-state index is -0.0254. The Bertz CT molecular complexity index is 833. The van der Waals surface area contributed by atoms with Crippen LogP contribution in [-0.2, 0) is 9.53 Å². The zero-order valence-corrected chi connectivity index (χ0v) is 18.1. The zero-order chi connectivity index (χ0) is 18.8. The van der Waals surface area contributed by atoms with E-state index >= 15 is 0 Å². The van der Waals surface area contributed by atoms with Crippen molar-refractivity contribution in [2.75, 3.05) is 42.3 Å². The number of carbonyl (C=O) groups is 1. The van der Waals surface area contributed by atoms with Gasteiger partial charge in [-0.2, -0.15) is 0 Å². The third kappa shape index (κ3) is 4.57. The van der Waals surface area contributed by atoms with Crippen molar-refractivity contribution in [1.82, 2.24) is 14.8 Å². The highest BCUT2D eigenvalue weighted by Gasteiger charge is 2.32. The zero-order valence-electron chi connectivity index (χ0n) is 15.2.